The predicted molar refractivity (Wildman–Crippen MR) is 121 cm³/mol. The highest BCUT2D eigenvalue weighted by atomic mass is 16.5. The number of hydrogen-bond acceptors (Lipinski definition) is 6. The molecule has 0 unspecified atom stereocenters. The van der Waals surface area contributed by atoms with Crippen LogP contribution < -0.4 is 14.8 Å². The molecule has 162 valence electrons. The topological polar surface area (TPSA) is 86.5 Å². The molecule has 0 aliphatic carbocycles. The van der Waals surface area contributed by atoms with Crippen LogP contribution in [0, 0.1) is 0 Å². The second-order valence-corrected chi connectivity index (χ2v) is 7.03. The van der Waals surface area contributed by atoms with Crippen molar-refractivity contribution in [3.8, 4) is 34.3 Å². The summed E-state index contributed by atoms with van der Waals surface area (Å²) < 4.78 is 16.1. The molecule has 1 aromatic heterocycles. The first-order chi connectivity index (χ1) is 15.7. The van der Waals surface area contributed by atoms with Crippen molar-refractivity contribution in [2.24, 2.45) is 0 Å². The zero-order valence-corrected chi connectivity index (χ0v) is 17.9. The van der Waals surface area contributed by atoms with E-state index in [0.29, 0.717) is 40.6 Å². The van der Waals surface area contributed by atoms with Crippen molar-refractivity contribution in [3.05, 3.63) is 83.9 Å². The first-order valence-corrected chi connectivity index (χ1v) is 10.2. The molecule has 0 saturated carbocycles. The van der Waals surface area contributed by atoms with Gasteiger partial charge in [-0.3, -0.25) is 4.79 Å². The van der Waals surface area contributed by atoms with E-state index < -0.39 is 0 Å². The number of benzene rings is 3. The van der Waals surface area contributed by atoms with E-state index >= 15 is 0 Å². The molecule has 32 heavy (non-hydrogen) atoms. The van der Waals surface area contributed by atoms with Crippen LogP contribution in [0.2, 0.25) is 0 Å². The summed E-state index contributed by atoms with van der Waals surface area (Å²) in [4.78, 5) is 17.3. The first kappa shape index (κ1) is 21.1. The fraction of sp³-hybridized carbons (Fsp3) is 0.160. The SMILES string of the molecule is COc1ccc(-c2noc(-c3ccccc3C(=O)NCCc3ccccc3)n2)cc1OC. The van der Waals surface area contributed by atoms with E-state index in [9.17, 15) is 4.79 Å². The zero-order chi connectivity index (χ0) is 22.3. The molecule has 1 heterocycles. The van der Waals surface area contributed by atoms with Gasteiger partial charge in [-0.15, -0.1) is 0 Å². The van der Waals surface area contributed by atoms with Gasteiger partial charge in [-0.1, -0.05) is 47.6 Å². The lowest BCUT2D eigenvalue weighted by Crippen LogP contribution is -2.26. The van der Waals surface area contributed by atoms with Crippen LogP contribution in [0.3, 0.4) is 0 Å². The molecule has 1 amide bonds. The molecule has 0 aliphatic heterocycles. The average Bonchev–Trinajstić information content (AvgIpc) is 3.34. The van der Waals surface area contributed by atoms with Crippen molar-refractivity contribution in [1.29, 1.82) is 0 Å². The number of methoxy groups -OCH3 is 2. The van der Waals surface area contributed by atoms with Crippen LogP contribution in [0.15, 0.2) is 77.3 Å². The fourth-order valence-electron chi connectivity index (χ4n) is 3.35. The van der Waals surface area contributed by atoms with E-state index in [-0.39, 0.29) is 11.8 Å². The van der Waals surface area contributed by atoms with E-state index in [0.717, 1.165) is 12.0 Å². The molecule has 0 atom stereocenters. The molecule has 4 aromatic rings. The number of carbonyl (C=O) groups is 1. The van der Waals surface area contributed by atoms with Crippen LogP contribution in [0.4, 0.5) is 0 Å². The summed E-state index contributed by atoms with van der Waals surface area (Å²) in [5, 5.41) is 7.05. The number of carbonyl (C=O) groups excluding carboxylic acids is 1. The Balaban J connectivity index is 1.53. The minimum atomic E-state index is -0.192. The van der Waals surface area contributed by atoms with Crippen LogP contribution in [0.25, 0.3) is 22.8 Å². The lowest BCUT2D eigenvalue weighted by atomic mass is 10.1. The first-order valence-electron chi connectivity index (χ1n) is 10.2. The van der Waals surface area contributed by atoms with Crippen LogP contribution in [0.1, 0.15) is 15.9 Å². The Kier molecular flexibility index (Phi) is 6.46. The summed E-state index contributed by atoms with van der Waals surface area (Å²) in [6.45, 7) is 0.526. The smallest absolute Gasteiger partial charge is 0.259 e. The van der Waals surface area contributed by atoms with E-state index in [1.54, 1.807) is 44.6 Å². The number of ether oxygens (including phenoxy) is 2. The van der Waals surface area contributed by atoms with Gasteiger partial charge in [0.1, 0.15) is 0 Å². The Morgan fingerprint density at radius 1 is 0.938 bits per heavy atom. The van der Waals surface area contributed by atoms with Gasteiger partial charge in [0.25, 0.3) is 11.8 Å². The number of nitrogens with one attached hydrogen (secondary N) is 1. The highest BCUT2D eigenvalue weighted by Crippen LogP contribution is 2.32. The number of hydrogen-bond donors (Lipinski definition) is 1. The minimum absolute atomic E-state index is 0.192. The maximum Gasteiger partial charge on any atom is 0.259 e. The highest BCUT2D eigenvalue weighted by Gasteiger charge is 2.18. The Morgan fingerprint density at radius 2 is 1.69 bits per heavy atom. The molecule has 7 heteroatoms. The molecule has 0 bridgehead atoms. The number of aromatic nitrogens is 2. The third-order valence-electron chi connectivity index (χ3n) is 5.01. The van der Waals surface area contributed by atoms with Crippen molar-refractivity contribution in [3.63, 3.8) is 0 Å². The summed E-state index contributed by atoms with van der Waals surface area (Å²) in [6, 6.07) is 22.5. The highest BCUT2D eigenvalue weighted by molar-refractivity contribution is 6.00. The van der Waals surface area contributed by atoms with Gasteiger partial charge in [-0.2, -0.15) is 4.98 Å². The van der Waals surface area contributed by atoms with Gasteiger partial charge in [0.05, 0.1) is 25.3 Å². The van der Waals surface area contributed by atoms with E-state index in [1.165, 1.54) is 0 Å². The molecule has 0 fully saturated rings. The summed E-state index contributed by atoms with van der Waals surface area (Å²) in [7, 11) is 3.14. The third kappa shape index (κ3) is 4.62. The monoisotopic (exact) mass is 429 g/mol. The molecule has 0 spiro atoms. The van der Waals surface area contributed by atoms with E-state index in [4.69, 9.17) is 14.0 Å². The van der Waals surface area contributed by atoms with Gasteiger partial charge in [0.15, 0.2) is 11.5 Å². The molecule has 0 radical (unpaired) electrons. The van der Waals surface area contributed by atoms with Crippen molar-refractivity contribution in [1.82, 2.24) is 15.5 Å². The largest absolute Gasteiger partial charge is 0.493 e. The van der Waals surface area contributed by atoms with Crippen molar-refractivity contribution < 1.29 is 18.8 Å². The number of rotatable bonds is 8. The number of amides is 1. The fourth-order valence-corrected chi connectivity index (χ4v) is 3.35. The molecule has 4 rings (SSSR count). The van der Waals surface area contributed by atoms with Gasteiger partial charge in [0.2, 0.25) is 5.82 Å². The molecule has 3 aromatic carbocycles. The molecule has 0 aliphatic rings. The molecule has 7 nitrogen and oxygen atoms in total. The summed E-state index contributed by atoms with van der Waals surface area (Å²) in [5.74, 6) is 1.64. The molecular formula is C25H23N3O4. The van der Waals surface area contributed by atoms with E-state index in [2.05, 4.69) is 15.5 Å². The van der Waals surface area contributed by atoms with Gasteiger partial charge in [-0.25, -0.2) is 0 Å². The van der Waals surface area contributed by atoms with E-state index in [1.807, 2.05) is 42.5 Å². The third-order valence-corrected chi connectivity index (χ3v) is 5.01. The summed E-state index contributed by atoms with van der Waals surface area (Å²) in [6.07, 6.45) is 0.749. The second kappa shape index (κ2) is 9.78. The quantitative estimate of drug-likeness (QED) is 0.447. The lowest BCUT2D eigenvalue weighted by Gasteiger charge is -2.08. The van der Waals surface area contributed by atoms with Gasteiger partial charge in [0, 0.05) is 12.1 Å². The Morgan fingerprint density at radius 3 is 2.47 bits per heavy atom. The standard InChI is InChI=1S/C25H23N3O4/c1-30-21-13-12-18(16-22(21)31-2)23-27-25(32-28-23)20-11-7-6-10-19(20)24(29)26-15-14-17-8-4-3-5-9-17/h3-13,16H,14-15H2,1-2H3,(H,26,29). The number of nitrogens with zero attached hydrogens (tertiary/aromatic N) is 2. The maximum absolute atomic E-state index is 12.8. The van der Waals surface area contributed by atoms with Gasteiger partial charge in [-0.05, 0) is 42.3 Å². The Labute approximate surface area is 186 Å². The summed E-state index contributed by atoms with van der Waals surface area (Å²) in [5.41, 5.74) is 2.92. The molecular weight excluding hydrogens is 406 g/mol. The van der Waals surface area contributed by atoms with Crippen LogP contribution in [-0.2, 0) is 6.42 Å². The van der Waals surface area contributed by atoms with Crippen molar-refractivity contribution in [2.45, 2.75) is 6.42 Å². The Hall–Kier alpha value is -4.13. The lowest BCUT2D eigenvalue weighted by molar-refractivity contribution is 0.0954. The minimum Gasteiger partial charge on any atom is -0.493 e. The van der Waals surface area contributed by atoms with Crippen LogP contribution >= 0.6 is 0 Å². The van der Waals surface area contributed by atoms with Gasteiger partial charge >= 0.3 is 0 Å². The average molecular weight is 429 g/mol. The Bertz CT molecular complexity index is 1200. The molecule has 0 saturated heterocycles. The van der Waals surface area contributed by atoms with Crippen molar-refractivity contribution in [2.75, 3.05) is 20.8 Å². The van der Waals surface area contributed by atoms with Gasteiger partial charge < -0.3 is 19.3 Å². The second-order valence-electron chi connectivity index (χ2n) is 7.03. The van der Waals surface area contributed by atoms with Crippen molar-refractivity contribution >= 4 is 5.91 Å². The van der Waals surface area contributed by atoms with Crippen LogP contribution in [-0.4, -0.2) is 36.8 Å². The predicted octanol–water partition coefficient (Wildman–Crippen LogP) is 4.39. The normalized spacial score (nSPS) is 10.6. The summed E-state index contributed by atoms with van der Waals surface area (Å²) >= 11 is 0. The maximum atomic E-state index is 12.8. The molecule has 1 N–H and O–H groups in total. The zero-order valence-electron chi connectivity index (χ0n) is 17.9. The van der Waals surface area contributed by atoms with Crippen LogP contribution in [0.5, 0.6) is 11.5 Å².